The van der Waals surface area contributed by atoms with E-state index in [0.29, 0.717) is 22.2 Å². The van der Waals surface area contributed by atoms with E-state index in [9.17, 15) is 23.1 Å². The number of hydrogen-bond acceptors (Lipinski definition) is 5. The monoisotopic (exact) mass is 514 g/mol. The Morgan fingerprint density at radius 1 is 1.19 bits per heavy atom. The van der Waals surface area contributed by atoms with Crippen LogP contribution in [0, 0.1) is 0 Å². The van der Waals surface area contributed by atoms with Crippen molar-refractivity contribution in [2.75, 3.05) is 0 Å². The van der Waals surface area contributed by atoms with E-state index in [2.05, 4.69) is 20.5 Å². The third kappa shape index (κ3) is 4.38. The van der Waals surface area contributed by atoms with E-state index in [1.807, 2.05) is 0 Å². The standard InChI is InChI=1S/C24H18ClF3N6O2/c25-18-9-15(6-7-21(18)33-12-14(13-35)10-30-33)32-23(36)17-11-31-34(22(17)24(26,27)28)20-5-1-4-19-16(20)3-2-8-29-19/h1-5,7-12,15,35H,6,13H2,(H,32,36). The Bertz CT molecular complexity index is 1520. The van der Waals surface area contributed by atoms with Crippen LogP contribution in [0.15, 0.2) is 72.3 Å². The molecule has 2 N–H and O–H groups in total. The lowest BCUT2D eigenvalue weighted by molar-refractivity contribution is -0.143. The molecule has 1 aliphatic carbocycles. The second kappa shape index (κ2) is 9.25. The van der Waals surface area contributed by atoms with Crippen LogP contribution in [0.5, 0.6) is 0 Å². The van der Waals surface area contributed by atoms with Gasteiger partial charge < -0.3 is 10.4 Å². The maximum Gasteiger partial charge on any atom is 0.434 e. The van der Waals surface area contributed by atoms with Crippen LogP contribution in [0.4, 0.5) is 13.2 Å². The van der Waals surface area contributed by atoms with Crippen molar-refractivity contribution in [3.8, 4) is 5.69 Å². The summed E-state index contributed by atoms with van der Waals surface area (Å²) >= 11 is 6.35. The number of aliphatic hydroxyl groups excluding tert-OH is 1. The summed E-state index contributed by atoms with van der Waals surface area (Å²) in [6, 6.07) is 7.35. The maximum absolute atomic E-state index is 14.2. The molecule has 0 radical (unpaired) electrons. The lowest BCUT2D eigenvalue weighted by Gasteiger charge is -2.20. The van der Waals surface area contributed by atoms with E-state index >= 15 is 0 Å². The Kier molecular flexibility index (Phi) is 6.10. The normalized spacial score (nSPS) is 16.1. The number of rotatable bonds is 5. The van der Waals surface area contributed by atoms with Gasteiger partial charge in [-0.1, -0.05) is 23.7 Å². The summed E-state index contributed by atoms with van der Waals surface area (Å²) in [5.74, 6) is -0.934. The summed E-state index contributed by atoms with van der Waals surface area (Å²) in [5, 5.41) is 20.6. The van der Waals surface area contributed by atoms with E-state index in [-0.39, 0.29) is 23.7 Å². The molecular weight excluding hydrogens is 497 g/mol. The molecule has 4 aromatic rings. The third-order valence-electron chi connectivity index (χ3n) is 5.67. The topological polar surface area (TPSA) is 97.9 Å². The van der Waals surface area contributed by atoms with E-state index in [1.54, 1.807) is 42.7 Å². The zero-order chi connectivity index (χ0) is 25.4. The van der Waals surface area contributed by atoms with Gasteiger partial charge in [0.05, 0.1) is 52.5 Å². The number of halogens is 4. The number of carbonyl (C=O) groups is 1. The fourth-order valence-electron chi connectivity index (χ4n) is 4.03. The highest BCUT2D eigenvalue weighted by Crippen LogP contribution is 2.35. The highest BCUT2D eigenvalue weighted by molar-refractivity contribution is 6.35. The van der Waals surface area contributed by atoms with Gasteiger partial charge in [-0.25, -0.2) is 9.36 Å². The van der Waals surface area contributed by atoms with Gasteiger partial charge in [0.15, 0.2) is 5.69 Å². The van der Waals surface area contributed by atoms with Crippen molar-refractivity contribution < 1.29 is 23.1 Å². The lowest BCUT2D eigenvalue weighted by atomic mass is 10.1. The van der Waals surface area contributed by atoms with Gasteiger partial charge in [-0.15, -0.1) is 0 Å². The zero-order valence-corrected chi connectivity index (χ0v) is 19.2. The highest BCUT2D eigenvalue weighted by atomic mass is 35.5. The van der Waals surface area contributed by atoms with Crippen molar-refractivity contribution in [2.45, 2.75) is 25.2 Å². The zero-order valence-electron chi connectivity index (χ0n) is 18.4. The van der Waals surface area contributed by atoms with Gasteiger partial charge in [0.25, 0.3) is 5.91 Å². The minimum atomic E-state index is -4.86. The molecule has 0 saturated carbocycles. The van der Waals surface area contributed by atoms with Crippen LogP contribution in [0.1, 0.15) is 28.0 Å². The Hall–Kier alpha value is -3.96. The predicted molar refractivity (Wildman–Crippen MR) is 126 cm³/mol. The van der Waals surface area contributed by atoms with E-state index in [1.165, 1.54) is 23.0 Å². The summed E-state index contributed by atoms with van der Waals surface area (Å²) in [5.41, 5.74) is -0.0160. The van der Waals surface area contributed by atoms with E-state index in [0.717, 1.165) is 10.9 Å². The van der Waals surface area contributed by atoms with Crippen LogP contribution in [-0.2, 0) is 12.8 Å². The quantitative estimate of drug-likeness (QED) is 0.414. The van der Waals surface area contributed by atoms with Crippen molar-refractivity contribution >= 4 is 34.1 Å². The Morgan fingerprint density at radius 3 is 2.75 bits per heavy atom. The van der Waals surface area contributed by atoms with E-state index < -0.39 is 29.4 Å². The summed E-state index contributed by atoms with van der Waals surface area (Å²) in [6.45, 7) is -0.183. The number of nitrogens with zero attached hydrogens (tertiary/aromatic N) is 5. The number of benzene rings is 1. The van der Waals surface area contributed by atoms with Gasteiger partial charge in [0.1, 0.15) is 0 Å². The van der Waals surface area contributed by atoms with Crippen molar-refractivity contribution in [3.05, 3.63) is 89.1 Å². The first kappa shape index (κ1) is 23.8. The van der Waals surface area contributed by atoms with Crippen molar-refractivity contribution in [1.29, 1.82) is 0 Å². The van der Waals surface area contributed by atoms with Crippen LogP contribution in [-0.4, -0.2) is 41.6 Å². The summed E-state index contributed by atoms with van der Waals surface area (Å²) in [4.78, 5) is 17.1. The van der Waals surface area contributed by atoms with E-state index in [4.69, 9.17) is 11.6 Å². The Labute approximate surface area is 207 Å². The maximum atomic E-state index is 14.2. The van der Waals surface area contributed by atoms with Crippen molar-refractivity contribution in [3.63, 3.8) is 0 Å². The number of fused-ring (bicyclic) bond motifs is 1. The lowest BCUT2D eigenvalue weighted by Crippen LogP contribution is -2.35. The van der Waals surface area contributed by atoms with Crippen LogP contribution in [0.25, 0.3) is 22.3 Å². The van der Waals surface area contributed by atoms with Crippen molar-refractivity contribution in [2.24, 2.45) is 0 Å². The third-order valence-corrected chi connectivity index (χ3v) is 5.99. The van der Waals surface area contributed by atoms with Crippen LogP contribution < -0.4 is 5.32 Å². The first-order chi connectivity index (χ1) is 17.3. The fraction of sp³-hybridized carbons (Fsp3) is 0.167. The minimum absolute atomic E-state index is 0.154. The molecule has 0 fully saturated rings. The smallest absolute Gasteiger partial charge is 0.392 e. The molecule has 12 heteroatoms. The number of amides is 1. The number of hydrogen-bond donors (Lipinski definition) is 2. The first-order valence-corrected chi connectivity index (χ1v) is 11.2. The molecule has 184 valence electrons. The molecule has 3 aromatic heterocycles. The molecule has 1 aromatic carbocycles. The predicted octanol–water partition coefficient (Wildman–Crippen LogP) is 4.29. The van der Waals surface area contributed by atoms with Gasteiger partial charge in [0, 0.05) is 23.3 Å². The van der Waals surface area contributed by atoms with Gasteiger partial charge in [0.2, 0.25) is 0 Å². The average molecular weight is 515 g/mol. The second-order valence-corrected chi connectivity index (χ2v) is 8.44. The summed E-state index contributed by atoms with van der Waals surface area (Å²) < 4.78 is 44.7. The summed E-state index contributed by atoms with van der Waals surface area (Å²) in [7, 11) is 0. The van der Waals surface area contributed by atoms with Gasteiger partial charge in [-0.3, -0.25) is 9.78 Å². The average Bonchev–Trinajstić information content (AvgIpc) is 3.51. The SMILES string of the molecule is O=C(NC1C=C(Cl)C(n2cc(CO)cn2)=CC1)c1cnn(-c2cccc3ncccc23)c1C(F)(F)F. The largest absolute Gasteiger partial charge is 0.434 e. The van der Waals surface area contributed by atoms with Crippen LogP contribution in [0.3, 0.4) is 0 Å². The molecule has 8 nitrogen and oxygen atoms in total. The number of carbonyl (C=O) groups excluding carboxylic acids is 1. The number of pyridine rings is 1. The molecule has 36 heavy (non-hydrogen) atoms. The highest BCUT2D eigenvalue weighted by Gasteiger charge is 2.41. The molecule has 0 spiro atoms. The number of aromatic nitrogens is 5. The van der Waals surface area contributed by atoms with Gasteiger partial charge >= 0.3 is 6.18 Å². The molecule has 1 atom stereocenters. The number of aliphatic hydroxyl groups is 1. The number of allylic oxidation sites excluding steroid dienone is 2. The fourth-order valence-corrected chi connectivity index (χ4v) is 4.35. The second-order valence-electron chi connectivity index (χ2n) is 8.03. The van der Waals surface area contributed by atoms with Gasteiger partial charge in [-0.05, 0) is 36.8 Å². The number of nitrogens with one attached hydrogen (secondary N) is 1. The van der Waals surface area contributed by atoms with Crippen LogP contribution in [0.2, 0.25) is 0 Å². The first-order valence-electron chi connectivity index (χ1n) is 10.8. The molecule has 0 bridgehead atoms. The molecule has 5 rings (SSSR count). The number of alkyl halides is 3. The molecule has 3 heterocycles. The molecule has 1 aliphatic rings. The Balaban J connectivity index is 1.44. The molecule has 1 amide bonds. The van der Waals surface area contributed by atoms with Gasteiger partial charge in [-0.2, -0.15) is 23.4 Å². The molecule has 0 aliphatic heterocycles. The summed E-state index contributed by atoms with van der Waals surface area (Å²) in [6.07, 6.45) is 4.19. The molecule has 0 saturated heterocycles. The Morgan fingerprint density at radius 2 is 2.03 bits per heavy atom. The van der Waals surface area contributed by atoms with Crippen LogP contribution >= 0.6 is 11.6 Å². The van der Waals surface area contributed by atoms with Crippen molar-refractivity contribution in [1.82, 2.24) is 29.9 Å². The molecular formula is C24H18ClF3N6O2. The minimum Gasteiger partial charge on any atom is -0.392 e. The molecule has 1 unspecified atom stereocenters.